The van der Waals surface area contributed by atoms with Crippen molar-refractivity contribution in [1.29, 1.82) is 5.41 Å². The van der Waals surface area contributed by atoms with Crippen molar-refractivity contribution in [3.8, 4) is 0 Å². The first kappa shape index (κ1) is 11.1. The van der Waals surface area contributed by atoms with Crippen molar-refractivity contribution in [2.45, 2.75) is 6.92 Å². The first-order chi connectivity index (χ1) is 8.08. The van der Waals surface area contributed by atoms with Crippen molar-refractivity contribution in [2.75, 3.05) is 12.1 Å². The highest BCUT2D eigenvalue weighted by Gasteiger charge is 2.06. The molecule has 1 heterocycles. The summed E-state index contributed by atoms with van der Waals surface area (Å²) >= 11 is 0. The van der Waals surface area contributed by atoms with Gasteiger partial charge in [-0.1, -0.05) is 29.1 Å². The van der Waals surface area contributed by atoms with Gasteiger partial charge in [-0.3, -0.25) is 10.2 Å². The van der Waals surface area contributed by atoms with E-state index in [0.29, 0.717) is 5.56 Å². The Balaban J connectivity index is 2.28. The van der Waals surface area contributed by atoms with E-state index >= 15 is 0 Å². The fourth-order valence-corrected chi connectivity index (χ4v) is 1.41. The fraction of sp³-hybridized carbons (Fsp3) is 0.182. The number of nitrogens with one attached hydrogen (secondary N) is 1. The summed E-state index contributed by atoms with van der Waals surface area (Å²) in [6.07, 6.45) is 1.44. The van der Waals surface area contributed by atoms with Crippen molar-refractivity contribution >= 4 is 11.5 Å². The van der Waals surface area contributed by atoms with Crippen LogP contribution in [0.5, 0.6) is 0 Å². The molecule has 1 N–H and O–H groups in total. The molecular weight excluding hydrogens is 220 g/mol. The molecule has 6 nitrogen and oxygen atoms in total. The molecule has 0 saturated heterocycles. The molecule has 0 aliphatic heterocycles. The van der Waals surface area contributed by atoms with Crippen LogP contribution in [0.1, 0.15) is 17.3 Å². The zero-order valence-electron chi connectivity index (χ0n) is 9.54. The van der Waals surface area contributed by atoms with Crippen LogP contribution in [0.15, 0.2) is 35.0 Å². The number of benzene rings is 1. The fourth-order valence-electron chi connectivity index (χ4n) is 1.41. The van der Waals surface area contributed by atoms with Crippen LogP contribution in [0, 0.1) is 5.41 Å². The number of carbonyl (C=O) groups is 1. The van der Waals surface area contributed by atoms with E-state index in [1.165, 1.54) is 17.9 Å². The third-order valence-electron chi connectivity index (χ3n) is 2.41. The number of carbonyl (C=O) groups excluding carboxylic acids is 1. The van der Waals surface area contributed by atoms with E-state index in [1.54, 1.807) is 24.2 Å². The van der Waals surface area contributed by atoms with Crippen LogP contribution in [0.2, 0.25) is 0 Å². The van der Waals surface area contributed by atoms with Gasteiger partial charge in [0.25, 0.3) is 11.8 Å². The zero-order chi connectivity index (χ0) is 12.4. The van der Waals surface area contributed by atoms with Crippen LogP contribution in [-0.2, 0) is 0 Å². The summed E-state index contributed by atoms with van der Waals surface area (Å²) in [5.41, 5.74) is 1.49. The van der Waals surface area contributed by atoms with Crippen molar-refractivity contribution < 1.29 is 14.1 Å². The highest BCUT2D eigenvalue weighted by atomic mass is 16.5. The maximum absolute atomic E-state index is 11.1. The summed E-state index contributed by atoms with van der Waals surface area (Å²) in [6.45, 7) is 1.53. The van der Waals surface area contributed by atoms with Crippen LogP contribution >= 0.6 is 0 Å². The first-order valence-corrected chi connectivity index (χ1v) is 5.03. The number of Topliss-reactive ketones (excluding diaryl/α,β-unsaturated/α-hetero) is 1. The molecule has 2 rings (SSSR count). The van der Waals surface area contributed by atoms with E-state index in [1.807, 2.05) is 12.1 Å². The molecule has 2 aromatic rings. The van der Waals surface area contributed by atoms with Crippen LogP contribution < -0.4 is 20.6 Å². The molecule has 0 aliphatic carbocycles. The quantitative estimate of drug-likeness (QED) is 0.602. The summed E-state index contributed by atoms with van der Waals surface area (Å²) in [5.74, 6) is 0.0294. The molecule has 0 bridgehead atoms. The van der Waals surface area contributed by atoms with Crippen LogP contribution in [0.4, 0.5) is 5.69 Å². The molecule has 17 heavy (non-hydrogen) atoms. The van der Waals surface area contributed by atoms with Gasteiger partial charge in [-0.25, -0.2) is 5.01 Å². The number of aromatic nitrogens is 2. The molecule has 6 heteroatoms. The molecule has 1 aromatic carbocycles. The molecule has 0 spiro atoms. The summed E-state index contributed by atoms with van der Waals surface area (Å²) < 4.78 is 4.65. The molecule has 0 atom stereocenters. The van der Waals surface area contributed by atoms with Gasteiger partial charge >= 0.3 is 0 Å². The first-order valence-electron chi connectivity index (χ1n) is 5.03. The SMILES string of the molecule is CC(=O)c1ccc(N(C)[n+]2cc(=N)o[n-]2)cc1. The van der Waals surface area contributed by atoms with E-state index in [-0.39, 0.29) is 11.3 Å². The Morgan fingerprint density at radius 3 is 2.53 bits per heavy atom. The van der Waals surface area contributed by atoms with Crippen molar-refractivity contribution in [2.24, 2.45) is 0 Å². The van der Waals surface area contributed by atoms with E-state index in [0.717, 1.165) is 5.69 Å². The van der Waals surface area contributed by atoms with Gasteiger partial charge in [-0.2, -0.15) is 0 Å². The minimum atomic E-state index is -0.0165. The number of nitrogens with zero attached hydrogens (tertiary/aromatic N) is 3. The number of anilines is 1. The summed E-state index contributed by atoms with van der Waals surface area (Å²) in [5, 5.41) is 12.6. The van der Waals surface area contributed by atoms with Gasteiger partial charge < -0.3 is 4.52 Å². The molecule has 0 unspecified atom stereocenters. The molecule has 0 amide bonds. The van der Waals surface area contributed by atoms with Gasteiger partial charge in [0.15, 0.2) is 5.78 Å². The lowest BCUT2D eigenvalue weighted by Gasteiger charge is -2.16. The van der Waals surface area contributed by atoms with Gasteiger partial charge in [0.2, 0.25) is 0 Å². The number of hydrogen-bond donors (Lipinski definition) is 1. The molecule has 1 aromatic heterocycles. The minimum Gasteiger partial charge on any atom is -0.380 e. The summed E-state index contributed by atoms with van der Waals surface area (Å²) in [7, 11) is 1.78. The molecule has 0 radical (unpaired) electrons. The van der Waals surface area contributed by atoms with Crippen LogP contribution in [0.25, 0.3) is 0 Å². The second-order valence-corrected chi connectivity index (χ2v) is 3.61. The Bertz CT molecular complexity index is 582. The highest BCUT2D eigenvalue weighted by molar-refractivity contribution is 5.94. The van der Waals surface area contributed by atoms with Crippen LogP contribution in [0.3, 0.4) is 0 Å². The van der Waals surface area contributed by atoms with E-state index < -0.39 is 0 Å². The lowest BCUT2D eigenvalue weighted by atomic mass is 10.1. The van der Waals surface area contributed by atoms with Gasteiger partial charge in [-0.05, 0) is 19.2 Å². The molecule has 0 saturated carbocycles. The topological polar surface area (TPSA) is 75.3 Å². The van der Waals surface area contributed by atoms with Crippen molar-refractivity contribution in [3.63, 3.8) is 0 Å². The van der Waals surface area contributed by atoms with Crippen molar-refractivity contribution in [3.05, 3.63) is 41.6 Å². The molecular formula is C11H12N4O2. The maximum atomic E-state index is 11.1. The Kier molecular flexibility index (Phi) is 2.78. The lowest BCUT2D eigenvalue weighted by molar-refractivity contribution is -0.753. The Morgan fingerprint density at radius 2 is 2.06 bits per heavy atom. The monoisotopic (exact) mass is 232 g/mol. The predicted octanol–water partition coefficient (Wildman–Crippen LogP) is 0.106. The Labute approximate surface area is 97.5 Å². The molecule has 0 aliphatic rings. The van der Waals surface area contributed by atoms with Gasteiger partial charge in [-0.15, -0.1) is 0 Å². The maximum Gasteiger partial charge on any atom is 0.286 e. The Morgan fingerprint density at radius 1 is 1.41 bits per heavy atom. The average molecular weight is 232 g/mol. The molecule has 0 fully saturated rings. The zero-order valence-corrected chi connectivity index (χ0v) is 9.54. The van der Waals surface area contributed by atoms with E-state index in [4.69, 9.17) is 5.41 Å². The van der Waals surface area contributed by atoms with Crippen LogP contribution in [-0.4, -0.2) is 12.8 Å². The van der Waals surface area contributed by atoms with E-state index in [2.05, 4.69) is 9.79 Å². The van der Waals surface area contributed by atoms with Gasteiger partial charge in [0, 0.05) is 11.3 Å². The predicted molar refractivity (Wildman–Crippen MR) is 58.3 cm³/mol. The second-order valence-electron chi connectivity index (χ2n) is 3.61. The standard InChI is InChI=1S/C11H12N4O2/c1-8(16)9-3-5-10(6-4-9)14(2)15-7-11(12)17-13-15/h3-7,12H,1-2H3. The lowest BCUT2D eigenvalue weighted by Crippen LogP contribution is -2.54. The second kappa shape index (κ2) is 4.25. The third-order valence-corrected chi connectivity index (χ3v) is 2.41. The largest absolute Gasteiger partial charge is 0.380 e. The van der Waals surface area contributed by atoms with Gasteiger partial charge in [0.05, 0.1) is 0 Å². The summed E-state index contributed by atoms with van der Waals surface area (Å²) in [6, 6.07) is 7.11. The minimum absolute atomic E-state index is 0.0165. The smallest absolute Gasteiger partial charge is 0.286 e. The average Bonchev–Trinajstić information content (AvgIpc) is 2.75. The van der Waals surface area contributed by atoms with Crippen molar-refractivity contribution in [1.82, 2.24) is 5.27 Å². The number of ketones is 1. The number of hydrogen-bond acceptors (Lipinski definition) is 4. The normalized spacial score (nSPS) is 10.2. The third kappa shape index (κ3) is 2.25. The molecule has 88 valence electrons. The highest BCUT2D eigenvalue weighted by Crippen LogP contribution is 2.11. The van der Waals surface area contributed by atoms with E-state index in [9.17, 15) is 4.79 Å². The number of rotatable bonds is 3. The summed E-state index contributed by atoms with van der Waals surface area (Å²) in [4.78, 5) is 12.5. The van der Waals surface area contributed by atoms with Gasteiger partial charge in [0.1, 0.15) is 0 Å². The Hall–Kier alpha value is -2.37.